The molecule has 0 heterocycles. The summed E-state index contributed by atoms with van der Waals surface area (Å²) in [5, 5.41) is 3.41. The molecule has 5 heteroatoms. The predicted octanol–water partition coefficient (Wildman–Crippen LogP) is 3.12. The zero-order chi connectivity index (χ0) is 15.1. The maximum atomic E-state index is 6.41. The van der Waals surface area contributed by atoms with E-state index < -0.39 is 16.4 Å². The van der Waals surface area contributed by atoms with Gasteiger partial charge >= 0.3 is 0 Å². The zero-order valence-corrected chi connectivity index (χ0v) is 16.2. The molecule has 2 unspecified atom stereocenters. The number of rotatable bonds is 10. The molecule has 0 amide bonds. The van der Waals surface area contributed by atoms with Crippen LogP contribution < -0.4 is 11.1 Å². The minimum Gasteiger partial charge on any atom is -0.415 e. The van der Waals surface area contributed by atoms with Crippen LogP contribution in [0.1, 0.15) is 13.3 Å². The van der Waals surface area contributed by atoms with E-state index in [1.165, 1.54) is 12.5 Å². The van der Waals surface area contributed by atoms with Gasteiger partial charge in [0.15, 0.2) is 8.32 Å². The quantitative estimate of drug-likeness (QED) is 0.481. The lowest BCUT2D eigenvalue weighted by molar-refractivity contribution is 0.179. The minimum absolute atomic E-state index is 0.452. The molecule has 2 atom stereocenters. The topological polar surface area (TPSA) is 47.3 Å². The van der Waals surface area contributed by atoms with Crippen molar-refractivity contribution in [2.75, 3.05) is 19.6 Å². The van der Waals surface area contributed by atoms with E-state index in [1.807, 2.05) is 0 Å². The molecular formula is C14H36N2OSi2. The van der Waals surface area contributed by atoms with E-state index in [0.717, 1.165) is 19.6 Å². The standard InChI is InChI=1S/C14H36N2OSi2/c1-13(11-16-9-8-15)10-14(12-18(2,3)4)17-19(5,6)7/h13-14,16H,8-12,15H2,1-7H3. The van der Waals surface area contributed by atoms with Gasteiger partial charge in [-0.3, -0.25) is 0 Å². The SMILES string of the molecule is CC(CNCCN)CC(C[Si](C)(C)C)O[Si](C)(C)C. The van der Waals surface area contributed by atoms with Crippen LogP contribution in [0.15, 0.2) is 0 Å². The van der Waals surface area contributed by atoms with Crippen molar-refractivity contribution < 1.29 is 4.43 Å². The third kappa shape index (κ3) is 13.1. The van der Waals surface area contributed by atoms with E-state index in [0.29, 0.717) is 12.0 Å². The van der Waals surface area contributed by atoms with Crippen LogP contribution in [0, 0.1) is 5.92 Å². The number of hydrogen-bond donors (Lipinski definition) is 2. The average Bonchev–Trinajstić information content (AvgIpc) is 2.11. The van der Waals surface area contributed by atoms with Gasteiger partial charge in [-0.25, -0.2) is 0 Å². The van der Waals surface area contributed by atoms with Crippen LogP contribution in [0.3, 0.4) is 0 Å². The van der Waals surface area contributed by atoms with Crippen molar-refractivity contribution in [2.24, 2.45) is 11.7 Å². The molecule has 0 aromatic carbocycles. The van der Waals surface area contributed by atoms with E-state index in [1.54, 1.807) is 0 Å². The van der Waals surface area contributed by atoms with E-state index >= 15 is 0 Å². The molecule has 3 N–H and O–H groups in total. The Bertz CT molecular complexity index is 221. The molecule has 0 aromatic heterocycles. The first kappa shape index (κ1) is 19.3. The molecule has 0 aliphatic carbocycles. The van der Waals surface area contributed by atoms with Gasteiger partial charge in [0, 0.05) is 27.3 Å². The highest BCUT2D eigenvalue weighted by Crippen LogP contribution is 2.23. The van der Waals surface area contributed by atoms with Crippen molar-refractivity contribution in [2.45, 2.75) is 64.8 Å². The Morgan fingerprint density at radius 1 is 1.11 bits per heavy atom. The Balaban J connectivity index is 4.32. The predicted molar refractivity (Wildman–Crippen MR) is 92.1 cm³/mol. The molecule has 0 aromatic rings. The van der Waals surface area contributed by atoms with Crippen molar-refractivity contribution in [3.8, 4) is 0 Å². The van der Waals surface area contributed by atoms with Gasteiger partial charge in [-0.05, 0) is 44.6 Å². The summed E-state index contributed by atoms with van der Waals surface area (Å²) >= 11 is 0. The second kappa shape index (κ2) is 8.57. The van der Waals surface area contributed by atoms with Crippen LogP contribution in [0.2, 0.25) is 45.3 Å². The van der Waals surface area contributed by atoms with Gasteiger partial charge in [-0.15, -0.1) is 0 Å². The Morgan fingerprint density at radius 3 is 2.11 bits per heavy atom. The second-order valence-corrected chi connectivity index (χ2v) is 17.9. The fourth-order valence-electron chi connectivity index (χ4n) is 2.34. The van der Waals surface area contributed by atoms with Crippen molar-refractivity contribution in [3.63, 3.8) is 0 Å². The molecule has 3 nitrogen and oxygen atoms in total. The van der Waals surface area contributed by atoms with Gasteiger partial charge in [0.05, 0.1) is 0 Å². The maximum Gasteiger partial charge on any atom is 0.184 e. The van der Waals surface area contributed by atoms with Gasteiger partial charge in [0.2, 0.25) is 0 Å². The monoisotopic (exact) mass is 304 g/mol. The molecule has 0 bridgehead atoms. The first-order chi connectivity index (χ1) is 8.53. The van der Waals surface area contributed by atoms with Crippen LogP contribution in [-0.4, -0.2) is 42.1 Å². The summed E-state index contributed by atoms with van der Waals surface area (Å²) < 4.78 is 6.41. The molecule has 19 heavy (non-hydrogen) atoms. The number of nitrogens with one attached hydrogen (secondary N) is 1. The Morgan fingerprint density at radius 2 is 1.68 bits per heavy atom. The molecule has 0 spiro atoms. The first-order valence-electron chi connectivity index (χ1n) is 7.62. The summed E-state index contributed by atoms with van der Waals surface area (Å²) in [5.41, 5.74) is 5.51. The van der Waals surface area contributed by atoms with Crippen LogP contribution >= 0.6 is 0 Å². The summed E-state index contributed by atoms with van der Waals surface area (Å²) in [6.45, 7) is 19.2. The fraction of sp³-hybridized carbons (Fsp3) is 1.00. The summed E-state index contributed by atoms with van der Waals surface area (Å²) in [6.07, 6.45) is 1.62. The lowest BCUT2D eigenvalue weighted by Gasteiger charge is -2.32. The zero-order valence-electron chi connectivity index (χ0n) is 14.2. The first-order valence-corrected chi connectivity index (χ1v) is 14.7. The van der Waals surface area contributed by atoms with Crippen molar-refractivity contribution >= 4 is 16.4 Å². The molecule has 0 rings (SSSR count). The normalized spacial score (nSPS) is 16.4. The lowest BCUT2D eigenvalue weighted by atomic mass is 10.0. The molecule has 0 aliphatic rings. The van der Waals surface area contributed by atoms with Gasteiger partial charge < -0.3 is 15.5 Å². The molecule has 116 valence electrons. The van der Waals surface area contributed by atoms with Crippen LogP contribution in [-0.2, 0) is 4.43 Å². The third-order valence-electron chi connectivity index (χ3n) is 2.84. The van der Waals surface area contributed by atoms with E-state index in [9.17, 15) is 0 Å². The maximum absolute atomic E-state index is 6.41. The molecular weight excluding hydrogens is 268 g/mol. The number of hydrogen-bond acceptors (Lipinski definition) is 3. The van der Waals surface area contributed by atoms with Crippen molar-refractivity contribution in [3.05, 3.63) is 0 Å². The highest BCUT2D eigenvalue weighted by molar-refractivity contribution is 6.76. The fourth-order valence-corrected chi connectivity index (χ4v) is 5.30. The highest BCUT2D eigenvalue weighted by atomic mass is 28.4. The molecule has 0 saturated heterocycles. The van der Waals surface area contributed by atoms with Crippen molar-refractivity contribution in [1.29, 1.82) is 0 Å². The smallest absolute Gasteiger partial charge is 0.184 e. The summed E-state index contributed by atoms with van der Waals surface area (Å²) in [5.74, 6) is 0.657. The van der Waals surface area contributed by atoms with Gasteiger partial charge in [-0.1, -0.05) is 26.6 Å². The summed E-state index contributed by atoms with van der Waals surface area (Å²) in [6, 6.07) is 1.28. The Kier molecular flexibility index (Phi) is 8.71. The summed E-state index contributed by atoms with van der Waals surface area (Å²) in [4.78, 5) is 0. The van der Waals surface area contributed by atoms with Gasteiger partial charge in [-0.2, -0.15) is 0 Å². The van der Waals surface area contributed by atoms with E-state index in [4.69, 9.17) is 10.2 Å². The van der Waals surface area contributed by atoms with Crippen molar-refractivity contribution in [1.82, 2.24) is 5.32 Å². The Labute approximate surface area is 122 Å². The average molecular weight is 305 g/mol. The Hall–Kier alpha value is 0.314. The molecule has 0 aliphatic heterocycles. The molecule has 0 fully saturated rings. The van der Waals surface area contributed by atoms with Crippen LogP contribution in [0.5, 0.6) is 0 Å². The van der Waals surface area contributed by atoms with E-state index in [-0.39, 0.29) is 0 Å². The van der Waals surface area contributed by atoms with Crippen LogP contribution in [0.25, 0.3) is 0 Å². The highest BCUT2D eigenvalue weighted by Gasteiger charge is 2.27. The largest absolute Gasteiger partial charge is 0.415 e. The lowest BCUT2D eigenvalue weighted by Crippen LogP contribution is -2.38. The third-order valence-corrected chi connectivity index (χ3v) is 5.56. The molecule has 0 saturated carbocycles. The second-order valence-electron chi connectivity index (χ2n) is 7.95. The minimum atomic E-state index is -1.44. The number of nitrogens with two attached hydrogens (primary N) is 1. The van der Waals surface area contributed by atoms with E-state index in [2.05, 4.69) is 51.5 Å². The van der Waals surface area contributed by atoms with Crippen LogP contribution in [0.4, 0.5) is 0 Å². The van der Waals surface area contributed by atoms with Gasteiger partial charge in [0.25, 0.3) is 0 Å². The molecule has 0 radical (unpaired) electrons. The summed E-state index contributed by atoms with van der Waals surface area (Å²) in [7, 11) is -2.51. The van der Waals surface area contributed by atoms with Gasteiger partial charge in [0.1, 0.15) is 0 Å².